The van der Waals surface area contributed by atoms with Gasteiger partial charge in [-0.25, -0.2) is 0 Å². The van der Waals surface area contributed by atoms with Gasteiger partial charge in [0.1, 0.15) is 0 Å². The maximum Gasteiger partial charge on any atom is 0.340 e. The molecule has 0 saturated heterocycles. The van der Waals surface area contributed by atoms with Crippen LogP contribution >= 0.6 is 0 Å². The molecule has 0 aliphatic heterocycles. The van der Waals surface area contributed by atoms with Crippen LogP contribution in [0.1, 0.15) is 5.56 Å². The Morgan fingerprint density at radius 3 is 2.33 bits per heavy atom. The SMILES string of the molecule is NCC=Cc1cc(F)c([N+](=O)[O-])c(F)c1. The van der Waals surface area contributed by atoms with Crippen LogP contribution < -0.4 is 5.73 Å². The second-order valence-electron chi connectivity index (χ2n) is 2.73. The van der Waals surface area contributed by atoms with Crippen molar-refractivity contribution in [3.05, 3.63) is 45.5 Å². The molecule has 1 rings (SSSR count). The summed E-state index contributed by atoms with van der Waals surface area (Å²) in [5.41, 5.74) is 4.20. The van der Waals surface area contributed by atoms with Gasteiger partial charge in [-0.2, -0.15) is 8.78 Å². The molecule has 4 nitrogen and oxygen atoms in total. The number of hydrogen-bond acceptors (Lipinski definition) is 3. The number of nitrogens with zero attached hydrogens (tertiary/aromatic N) is 1. The quantitative estimate of drug-likeness (QED) is 0.616. The van der Waals surface area contributed by atoms with E-state index in [0.29, 0.717) is 0 Å². The molecule has 0 amide bonds. The number of halogens is 2. The van der Waals surface area contributed by atoms with Crippen LogP contribution in [0.2, 0.25) is 0 Å². The second kappa shape index (κ2) is 4.61. The highest BCUT2D eigenvalue weighted by molar-refractivity contribution is 5.53. The molecular formula is C9H8F2N2O2. The van der Waals surface area contributed by atoms with Crippen molar-refractivity contribution in [2.24, 2.45) is 5.73 Å². The minimum atomic E-state index is -1.20. The lowest BCUT2D eigenvalue weighted by Crippen LogP contribution is -1.97. The van der Waals surface area contributed by atoms with Crippen LogP contribution in [0.25, 0.3) is 6.08 Å². The van der Waals surface area contributed by atoms with Crippen molar-refractivity contribution in [3.8, 4) is 0 Å². The van der Waals surface area contributed by atoms with E-state index in [1.54, 1.807) is 0 Å². The summed E-state index contributed by atoms with van der Waals surface area (Å²) >= 11 is 0. The molecule has 0 unspecified atom stereocenters. The molecule has 1 aromatic rings. The van der Waals surface area contributed by atoms with E-state index in [-0.39, 0.29) is 12.1 Å². The van der Waals surface area contributed by atoms with Crippen molar-refractivity contribution in [1.82, 2.24) is 0 Å². The van der Waals surface area contributed by atoms with Gasteiger partial charge in [0.15, 0.2) is 0 Å². The zero-order valence-electron chi connectivity index (χ0n) is 7.61. The molecule has 6 heteroatoms. The highest BCUT2D eigenvalue weighted by atomic mass is 19.1. The van der Waals surface area contributed by atoms with E-state index < -0.39 is 22.2 Å². The lowest BCUT2D eigenvalue weighted by Gasteiger charge is -1.98. The molecule has 0 aliphatic carbocycles. The van der Waals surface area contributed by atoms with E-state index in [4.69, 9.17) is 5.73 Å². The van der Waals surface area contributed by atoms with Crippen LogP contribution in [-0.2, 0) is 0 Å². The predicted molar refractivity (Wildman–Crippen MR) is 51.1 cm³/mol. The third-order valence-corrected chi connectivity index (χ3v) is 1.67. The summed E-state index contributed by atoms with van der Waals surface area (Å²) in [4.78, 5) is 9.16. The Labute approximate surface area is 84.2 Å². The topological polar surface area (TPSA) is 69.2 Å². The van der Waals surface area contributed by atoms with Crippen molar-refractivity contribution < 1.29 is 13.7 Å². The summed E-state index contributed by atoms with van der Waals surface area (Å²) < 4.78 is 26.1. The Bertz CT molecular complexity index is 396. The average Bonchev–Trinajstić information content (AvgIpc) is 2.12. The number of benzene rings is 1. The molecule has 0 fully saturated rings. The number of hydrogen-bond donors (Lipinski definition) is 1. The third kappa shape index (κ3) is 2.57. The summed E-state index contributed by atoms with van der Waals surface area (Å²) in [6.07, 6.45) is 2.87. The molecule has 0 bridgehead atoms. The van der Waals surface area contributed by atoms with Crippen molar-refractivity contribution in [2.75, 3.05) is 6.54 Å². The van der Waals surface area contributed by atoms with Crippen molar-refractivity contribution >= 4 is 11.8 Å². The average molecular weight is 214 g/mol. The van der Waals surface area contributed by atoms with Gasteiger partial charge in [-0.1, -0.05) is 12.2 Å². The third-order valence-electron chi connectivity index (χ3n) is 1.67. The van der Waals surface area contributed by atoms with E-state index in [2.05, 4.69) is 0 Å². The van der Waals surface area contributed by atoms with Crippen molar-refractivity contribution in [2.45, 2.75) is 0 Å². The summed E-state index contributed by atoms with van der Waals surface area (Å²) in [5.74, 6) is -2.40. The first-order valence-electron chi connectivity index (χ1n) is 4.06. The van der Waals surface area contributed by atoms with Crippen LogP contribution in [0.3, 0.4) is 0 Å². The Morgan fingerprint density at radius 2 is 1.93 bits per heavy atom. The maximum atomic E-state index is 13.0. The van der Waals surface area contributed by atoms with Crippen LogP contribution in [0.5, 0.6) is 0 Å². The van der Waals surface area contributed by atoms with Gasteiger partial charge >= 0.3 is 5.69 Å². The van der Waals surface area contributed by atoms with Gasteiger partial charge in [0.2, 0.25) is 11.6 Å². The minimum absolute atomic E-state index is 0.195. The van der Waals surface area contributed by atoms with Crippen LogP contribution in [-0.4, -0.2) is 11.5 Å². The van der Waals surface area contributed by atoms with Crippen molar-refractivity contribution in [3.63, 3.8) is 0 Å². The molecule has 0 aliphatic rings. The fourth-order valence-corrected chi connectivity index (χ4v) is 1.06. The number of rotatable bonds is 3. The lowest BCUT2D eigenvalue weighted by atomic mass is 10.1. The van der Waals surface area contributed by atoms with Gasteiger partial charge in [0.05, 0.1) is 4.92 Å². The number of nitro groups is 1. The summed E-state index contributed by atoms with van der Waals surface area (Å²) in [5, 5.41) is 10.3. The zero-order chi connectivity index (χ0) is 11.4. The molecule has 1 aromatic carbocycles. The Morgan fingerprint density at radius 1 is 1.40 bits per heavy atom. The fourth-order valence-electron chi connectivity index (χ4n) is 1.06. The monoisotopic (exact) mass is 214 g/mol. The van der Waals surface area contributed by atoms with Gasteiger partial charge in [0.25, 0.3) is 0 Å². The number of nitrogens with two attached hydrogens (primary N) is 1. The van der Waals surface area contributed by atoms with E-state index in [0.717, 1.165) is 12.1 Å². The zero-order valence-corrected chi connectivity index (χ0v) is 7.61. The first-order valence-corrected chi connectivity index (χ1v) is 4.06. The molecule has 0 atom stereocenters. The lowest BCUT2D eigenvalue weighted by molar-refractivity contribution is -0.390. The van der Waals surface area contributed by atoms with Crippen LogP contribution in [0, 0.1) is 21.7 Å². The molecular weight excluding hydrogens is 206 g/mol. The van der Waals surface area contributed by atoms with Gasteiger partial charge in [-0.15, -0.1) is 0 Å². The summed E-state index contributed by atoms with van der Waals surface area (Å²) in [6, 6.07) is 1.76. The molecule has 0 heterocycles. The normalized spacial score (nSPS) is 10.9. The van der Waals surface area contributed by atoms with E-state index in [1.165, 1.54) is 12.2 Å². The first kappa shape index (κ1) is 11.3. The van der Waals surface area contributed by atoms with E-state index in [1.807, 2.05) is 0 Å². The van der Waals surface area contributed by atoms with Gasteiger partial charge in [0, 0.05) is 6.54 Å². The summed E-state index contributed by atoms with van der Waals surface area (Å²) in [7, 11) is 0. The highest BCUT2D eigenvalue weighted by Crippen LogP contribution is 2.23. The molecule has 0 spiro atoms. The predicted octanol–water partition coefficient (Wildman–Crippen LogP) is 1.84. The van der Waals surface area contributed by atoms with Gasteiger partial charge in [-0.05, 0) is 17.7 Å². The van der Waals surface area contributed by atoms with Gasteiger partial charge in [-0.3, -0.25) is 10.1 Å². The summed E-state index contributed by atoms with van der Waals surface area (Å²) in [6.45, 7) is 0.222. The number of nitro benzene ring substituents is 1. The standard InChI is InChI=1S/C9H8F2N2O2/c10-7-4-6(2-1-3-12)5-8(11)9(7)13(14)15/h1-2,4-5H,3,12H2. The molecule has 80 valence electrons. The van der Waals surface area contributed by atoms with E-state index >= 15 is 0 Å². The Hall–Kier alpha value is -1.82. The first-order chi connectivity index (χ1) is 7.06. The fraction of sp³-hybridized carbons (Fsp3) is 0.111. The van der Waals surface area contributed by atoms with Crippen LogP contribution in [0.4, 0.5) is 14.5 Å². The van der Waals surface area contributed by atoms with Gasteiger partial charge < -0.3 is 5.73 Å². The Balaban J connectivity index is 3.19. The second-order valence-corrected chi connectivity index (χ2v) is 2.73. The molecule has 0 saturated carbocycles. The largest absolute Gasteiger partial charge is 0.340 e. The minimum Gasteiger partial charge on any atom is -0.327 e. The molecule has 0 radical (unpaired) electrons. The van der Waals surface area contributed by atoms with Crippen LogP contribution in [0.15, 0.2) is 18.2 Å². The Kier molecular flexibility index (Phi) is 3.46. The maximum absolute atomic E-state index is 13.0. The molecule has 0 aromatic heterocycles. The molecule has 15 heavy (non-hydrogen) atoms. The highest BCUT2D eigenvalue weighted by Gasteiger charge is 2.20. The van der Waals surface area contributed by atoms with Crippen molar-refractivity contribution in [1.29, 1.82) is 0 Å². The smallest absolute Gasteiger partial charge is 0.327 e. The van der Waals surface area contributed by atoms with E-state index in [9.17, 15) is 18.9 Å². The molecule has 2 N–H and O–H groups in total.